The Morgan fingerprint density at radius 1 is 1.60 bits per heavy atom. The van der Waals surface area contributed by atoms with Gasteiger partial charge in [-0.3, -0.25) is 4.79 Å². The predicted molar refractivity (Wildman–Crippen MR) is 48.6 cm³/mol. The highest BCUT2D eigenvalue weighted by Gasteiger charge is 2.28. The first kappa shape index (κ1) is 12.3. The topological polar surface area (TPSA) is 49.8 Å². The Balaban J connectivity index is 2.14. The number of rotatable bonds is 6. The number of hydrogen-bond donors (Lipinski definition) is 1. The van der Waals surface area contributed by atoms with Gasteiger partial charge in [0.2, 0.25) is 5.91 Å². The highest BCUT2D eigenvalue weighted by molar-refractivity contribution is 5.78. The molecule has 4 nitrogen and oxygen atoms in total. The molecule has 1 atom stereocenters. The molecule has 6 heteroatoms. The van der Waals surface area contributed by atoms with Crippen LogP contribution in [0.15, 0.2) is 0 Å². The van der Waals surface area contributed by atoms with E-state index in [-0.39, 0.29) is 25.0 Å². The zero-order chi connectivity index (χ0) is 11.3. The average molecular weight is 223 g/mol. The fraction of sp³-hybridized carbons (Fsp3) is 0.889. The van der Waals surface area contributed by atoms with Gasteiger partial charge in [-0.25, -0.2) is 8.78 Å². The number of nitrogens with zero attached hydrogens (tertiary/aromatic N) is 1. The van der Waals surface area contributed by atoms with Gasteiger partial charge >= 0.3 is 0 Å². The van der Waals surface area contributed by atoms with E-state index >= 15 is 0 Å². The van der Waals surface area contributed by atoms with Crippen molar-refractivity contribution < 1.29 is 23.4 Å². The molecule has 0 bridgehead atoms. The van der Waals surface area contributed by atoms with Gasteiger partial charge in [0.25, 0.3) is 6.43 Å². The molecular weight excluding hydrogens is 208 g/mol. The predicted octanol–water partition coefficient (Wildman–Crippen LogP) is 0.109. The van der Waals surface area contributed by atoms with Crippen LogP contribution in [-0.2, 0) is 9.53 Å². The van der Waals surface area contributed by atoms with Gasteiger partial charge in [-0.15, -0.1) is 0 Å². The maximum Gasteiger partial charge on any atom is 0.261 e. The Kier molecular flexibility index (Phi) is 4.90. The normalized spacial score (nSPS) is 21.7. The lowest BCUT2D eigenvalue weighted by Crippen LogP contribution is -2.29. The number of aliphatic hydroxyl groups is 1. The number of ether oxygens (including phenoxy) is 1. The smallest absolute Gasteiger partial charge is 0.261 e. The van der Waals surface area contributed by atoms with Crippen molar-refractivity contribution in [3.63, 3.8) is 0 Å². The van der Waals surface area contributed by atoms with Crippen molar-refractivity contribution in [3.8, 4) is 0 Å². The third-order valence-electron chi connectivity index (χ3n) is 2.30. The zero-order valence-corrected chi connectivity index (χ0v) is 8.36. The van der Waals surface area contributed by atoms with E-state index in [2.05, 4.69) is 4.74 Å². The Bertz CT molecular complexity index is 214. The molecular formula is C9H15F2NO3. The van der Waals surface area contributed by atoms with E-state index in [1.165, 1.54) is 4.90 Å². The maximum atomic E-state index is 11.7. The second-order valence-corrected chi connectivity index (χ2v) is 3.56. The lowest BCUT2D eigenvalue weighted by Gasteiger charge is -2.15. The monoisotopic (exact) mass is 223 g/mol. The molecule has 1 unspecified atom stereocenters. The van der Waals surface area contributed by atoms with Crippen LogP contribution in [0.25, 0.3) is 0 Å². The highest BCUT2D eigenvalue weighted by atomic mass is 19.3. The fourth-order valence-corrected chi connectivity index (χ4v) is 1.54. The van der Waals surface area contributed by atoms with Crippen molar-refractivity contribution >= 4 is 5.91 Å². The van der Waals surface area contributed by atoms with Gasteiger partial charge in [0.1, 0.15) is 6.61 Å². The number of likely N-dealkylation sites (tertiary alicyclic amines) is 1. The number of aliphatic hydroxyl groups excluding tert-OH is 1. The third kappa shape index (κ3) is 4.09. The van der Waals surface area contributed by atoms with Gasteiger partial charge in [0.15, 0.2) is 0 Å². The lowest BCUT2D eigenvalue weighted by molar-refractivity contribution is -0.128. The molecule has 0 saturated carbocycles. The summed E-state index contributed by atoms with van der Waals surface area (Å²) in [4.78, 5) is 12.8. The molecule has 1 fully saturated rings. The first-order valence-corrected chi connectivity index (χ1v) is 4.88. The number of carbonyl (C=O) groups is 1. The Morgan fingerprint density at radius 3 is 2.87 bits per heavy atom. The van der Waals surface area contributed by atoms with Crippen molar-refractivity contribution in [1.29, 1.82) is 0 Å². The minimum atomic E-state index is -2.47. The minimum Gasteiger partial charge on any atom is -0.396 e. The molecule has 0 spiro atoms. The van der Waals surface area contributed by atoms with Crippen LogP contribution in [0.3, 0.4) is 0 Å². The number of halogens is 2. The van der Waals surface area contributed by atoms with Gasteiger partial charge < -0.3 is 14.7 Å². The second kappa shape index (κ2) is 5.97. The summed E-state index contributed by atoms with van der Waals surface area (Å²) in [6.45, 7) is 0.329. The van der Waals surface area contributed by atoms with Crippen LogP contribution in [0.4, 0.5) is 8.78 Å². The Labute approximate surface area is 86.8 Å². The third-order valence-corrected chi connectivity index (χ3v) is 2.30. The van der Waals surface area contributed by atoms with Crippen LogP contribution in [0.2, 0.25) is 0 Å². The molecule has 15 heavy (non-hydrogen) atoms. The van der Waals surface area contributed by atoms with Crippen LogP contribution >= 0.6 is 0 Å². The molecule has 0 aromatic carbocycles. The van der Waals surface area contributed by atoms with Crippen molar-refractivity contribution in [1.82, 2.24) is 4.90 Å². The SMILES string of the molecule is O=C1CC(CO)CN1CCOCC(F)F. The number of alkyl halides is 2. The van der Waals surface area contributed by atoms with E-state index in [0.717, 1.165) is 0 Å². The maximum absolute atomic E-state index is 11.7. The Morgan fingerprint density at radius 2 is 2.33 bits per heavy atom. The molecule has 1 aliphatic heterocycles. The first-order valence-electron chi connectivity index (χ1n) is 4.88. The summed E-state index contributed by atoms with van der Waals surface area (Å²) in [7, 11) is 0. The summed E-state index contributed by atoms with van der Waals surface area (Å²) >= 11 is 0. The summed E-state index contributed by atoms with van der Waals surface area (Å²) < 4.78 is 28.0. The van der Waals surface area contributed by atoms with E-state index in [1.54, 1.807) is 0 Å². The van der Waals surface area contributed by atoms with Crippen molar-refractivity contribution in [2.24, 2.45) is 5.92 Å². The van der Waals surface area contributed by atoms with Crippen molar-refractivity contribution in [2.75, 3.05) is 32.9 Å². The van der Waals surface area contributed by atoms with Crippen molar-refractivity contribution in [2.45, 2.75) is 12.8 Å². The van der Waals surface area contributed by atoms with E-state index in [9.17, 15) is 13.6 Å². The number of amides is 1. The van der Waals surface area contributed by atoms with Crippen LogP contribution in [-0.4, -0.2) is 55.2 Å². The minimum absolute atomic E-state index is 0.0138. The molecule has 0 aromatic rings. The number of carbonyl (C=O) groups excluding carboxylic acids is 1. The quantitative estimate of drug-likeness (QED) is 0.650. The first-order chi connectivity index (χ1) is 7.13. The van der Waals surface area contributed by atoms with E-state index < -0.39 is 13.0 Å². The molecule has 1 saturated heterocycles. The van der Waals surface area contributed by atoms with Gasteiger partial charge in [-0.1, -0.05) is 0 Å². The molecule has 0 radical (unpaired) electrons. The second-order valence-electron chi connectivity index (χ2n) is 3.56. The molecule has 0 aromatic heterocycles. The van der Waals surface area contributed by atoms with Crippen molar-refractivity contribution in [3.05, 3.63) is 0 Å². The summed E-state index contributed by atoms with van der Waals surface area (Å²) in [6, 6.07) is 0. The number of hydrogen-bond acceptors (Lipinski definition) is 3. The molecule has 1 heterocycles. The summed E-state index contributed by atoms with van der Waals surface area (Å²) in [5.41, 5.74) is 0. The average Bonchev–Trinajstić information content (AvgIpc) is 2.54. The summed E-state index contributed by atoms with van der Waals surface area (Å²) in [6.07, 6.45) is -2.13. The van der Waals surface area contributed by atoms with E-state index in [1.807, 2.05) is 0 Å². The standard InChI is InChI=1S/C9H15F2NO3/c10-8(11)6-15-2-1-12-4-7(5-13)3-9(12)14/h7-8,13H,1-6H2. The molecule has 1 amide bonds. The summed E-state index contributed by atoms with van der Waals surface area (Å²) in [5.74, 6) is -0.0673. The van der Waals surface area contributed by atoms with Crippen LogP contribution < -0.4 is 0 Å². The van der Waals surface area contributed by atoms with Gasteiger partial charge in [0, 0.05) is 32.0 Å². The Hall–Kier alpha value is -0.750. The van der Waals surface area contributed by atoms with Gasteiger partial charge in [-0.2, -0.15) is 0 Å². The van der Waals surface area contributed by atoms with Crippen LogP contribution in [0, 0.1) is 5.92 Å². The lowest BCUT2D eigenvalue weighted by atomic mass is 10.1. The molecule has 88 valence electrons. The largest absolute Gasteiger partial charge is 0.396 e. The van der Waals surface area contributed by atoms with E-state index in [0.29, 0.717) is 19.5 Å². The van der Waals surface area contributed by atoms with Crippen LogP contribution in [0.5, 0.6) is 0 Å². The molecule has 0 aliphatic carbocycles. The van der Waals surface area contributed by atoms with E-state index in [4.69, 9.17) is 5.11 Å². The molecule has 1 rings (SSSR count). The molecule has 1 aliphatic rings. The van der Waals surface area contributed by atoms with Gasteiger partial charge in [-0.05, 0) is 0 Å². The highest BCUT2D eigenvalue weighted by Crippen LogP contribution is 2.16. The van der Waals surface area contributed by atoms with Gasteiger partial charge in [0.05, 0.1) is 6.61 Å². The van der Waals surface area contributed by atoms with Crippen LogP contribution in [0.1, 0.15) is 6.42 Å². The zero-order valence-electron chi connectivity index (χ0n) is 8.36. The fourth-order valence-electron chi connectivity index (χ4n) is 1.54. The summed E-state index contributed by atoms with van der Waals surface area (Å²) in [5, 5.41) is 8.84. The molecule has 1 N–H and O–H groups in total.